The van der Waals surface area contributed by atoms with Gasteiger partial charge in [-0.15, -0.1) is 6.58 Å². The molecule has 4 rings (SSSR count). The lowest BCUT2D eigenvalue weighted by atomic mass is 10.2. The molecular formula is C24H20N2O2S. The summed E-state index contributed by atoms with van der Waals surface area (Å²) in [5.41, 5.74) is 2.75. The van der Waals surface area contributed by atoms with E-state index in [1.165, 1.54) is 16.9 Å². The first-order valence-corrected chi connectivity index (χ1v) is 10.1. The molecule has 0 saturated carbocycles. The summed E-state index contributed by atoms with van der Waals surface area (Å²) in [6, 6.07) is 22.8. The minimum Gasteiger partial charge on any atom is -0.457 e. The van der Waals surface area contributed by atoms with Gasteiger partial charge in [-0.3, -0.25) is 4.79 Å². The Morgan fingerprint density at radius 2 is 1.79 bits per heavy atom. The number of amides is 1. The molecule has 1 heterocycles. The number of benzene rings is 3. The second-order valence-corrected chi connectivity index (χ2v) is 7.62. The SMILES string of the molecule is C=CCn1c(=NC(=O)c2ccc(Oc3ccccc3)cc2)sc2cc(C)ccc21. The van der Waals surface area contributed by atoms with E-state index in [0.717, 1.165) is 16.0 Å². The van der Waals surface area contributed by atoms with Crippen LogP contribution in [0.3, 0.4) is 0 Å². The lowest BCUT2D eigenvalue weighted by Crippen LogP contribution is -2.16. The maximum Gasteiger partial charge on any atom is 0.279 e. The molecule has 0 aliphatic rings. The summed E-state index contributed by atoms with van der Waals surface area (Å²) < 4.78 is 8.89. The third-order valence-corrected chi connectivity index (χ3v) is 5.47. The summed E-state index contributed by atoms with van der Waals surface area (Å²) in [6.45, 7) is 6.48. The molecule has 1 aromatic heterocycles. The van der Waals surface area contributed by atoms with Crippen LogP contribution in [0.2, 0.25) is 0 Å². The average molecular weight is 401 g/mol. The number of nitrogens with zero attached hydrogens (tertiary/aromatic N) is 2. The van der Waals surface area contributed by atoms with Gasteiger partial charge in [0.1, 0.15) is 11.5 Å². The number of fused-ring (bicyclic) bond motifs is 1. The molecule has 0 fully saturated rings. The van der Waals surface area contributed by atoms with Crippen LogP contribution in [-0.2, 0) is 6.54 Å². The fourth-order valence-electron chi connectivity index (χ4n) is 3.01. The quantitative estimate of drug-likeness (QED) is 0.402. The molecule has 4 nitrogen and oxygen atoms in total. The van der Waals surface area contributed by atoms with Crippen LogP contribution in [0, 0.1) is 6.92 Å². The van der Waals surface area contributed by atoms with E-state index in [0.29, 0.717) is 22.7 Å². The number of aryl methyl sites for hydroxylation is 1. The van der Waals surface area contributed by atoms with Crippen molar-refractivity contribution in [3.63, 3.8) is 0 Å². The van der Waals surface area contributed by atoms with Gasteiger partial charge < -0.3 is 9.30 Å². The summed E-state index contributed by atoms with van der Waals surface area (Å²) >= 11 is 1.51. The van der Waals surface area contributed by atoms with Crippen LogP contribution in [0.4, 0.5) is 0 Å². The van der Waals surface area contributed by atoms with Crippen LogP contribution in [0.15, 0.2) is 90.4 Å². The molecule has 29 heavy (non-hydrogen) atoms. The molecule has 0 radical (unpaired) electrons. The Labute approximate surface area is 173 Å². The van der Waals surface area contributed by atoms with Gasteiger partial charge in [0.05, 0.1) is 10.2 Å². The number of carbonyl (C=O) groups is 1. The summed E-state index contributed by atoms with van der Waals surface area (Å²) in [5, 5.41) is 0. The molecule has 0 bridgehead atoms. The van der Waals surface area contributed by atoms with Crippen molar-refractivity contribution in [2.45, 2.75) is 13.5 Å². The van der Waals surface area contributed by atoms with Crippen molar-refractivity contribution in [1.82, 2.24) is 4.57 Å². The minimum absolute atomic E-state index is 0.280. The molecule has 4 aromatic rings. The molecule has 0 unspecified atom stereocenters. The van der Waals surface area contributed by atoms with Gasteiger partial charge in [0.15, 0.2) is 4.80 Å². The summed E-state index contributed by atoms with van der Waals surface area (Å²) in [7, 11) is 0. The second kappa shape index (κ2) is 8.29. The fourth-order valence-corrected chi connectivity index (χ4v) is 4.15. The molecule has 0 N–H and O–H groups in total. The zero-order valence-electron chi connectivity index (χ0n) is 16.0. The van der Waals surface area contributed by atoms with Crippen LogP contribution < -0.4 is 9.54 Å². The molecule has 0 atom stereocenters. The van der Waals surface area contributed by atoms with E-state index in [1.54, 1.807) is 24.3 Å². The monoisotopic (exact) mass is 400 g/mol. The summed E-state index contributed by atoms with van der Waals surface area (Å²) in [4.78, 5) is 17.8. The van der Waals surface area contributed by atoms with Crippen molar-refractivity contribution >= 4 is 27.5 Å². The highest BCUT2D eigenvalue weighted by Crippen LogP contribution is 2.22. The number of ether oxygens (including phenoxy) is 1. The van der Waals surface area contributed by atoms with Gasteiger partial charge >= 0.3 is 0 Å². The maximum atomic E-state index is 12.7. The number of para-hydroxylation sites is 1. The zero-order valence-corrected chi connectivity index (χ0v) is 16.9. The largest absolute Gasteiger partial charge is 0.457 e. The number of hydrogen-bond donors (Lipinski definition) is 0. The molecule has 144 valence electrons. The van der Waals surface area contributed by atoms with Crippen LogP contribution in [0.1, 0.15) is 15.9 Å². The van der Waals surface area contributed by atoms with Crippen LogP contribution in [0.5, 0.6) is 11.5 Å². The van der Waals surface area contributed by atoms with Gasteiger partial charge in [0.25, 0.3) is 5.91 Å². The van der Waals surface area contributed by atoms with E-state index in [4.69, 9.17) is 4.74 Å². The van der Waals surface area contributed by atoms with Crippen molar-refractivity contribution in [3.8, 4) is 11.5 Å². The average Bonchev–Trinajstić information content (AvgIpc) is 3.05. The minimum atomic E-state index is -0.280. The van der Waals surface area contributed by atoms with Crippen LogP contribution in [-0.4, -0.2) is 10.5 Å². The highest BCUT2D eigenvalue weighted by Gasteiger charge is 2.09. The lowest BCUT2D eigenvalue weighted by Gasteiger charge is -2.05. The van der Waals surface area contributed by atoms with Crippen molar-refractivity contribution < 1.29 is 9.53 Å². The Kier molecular flexibility index (Phi) is 5.40. The standard InChI is InChI=1S/C24H20N2O2S/c1-3-15-26-21-14-9-17(2)16-22(21)29-24(26)25-23(27)18-10-12-20(13-11-18)28-19-7-5-4-6-8-19/h3-14,16H,1,15H2,2H3. The number of rotatable bonds is 5. The van der Waals surface area contributed by atoms with Gasteiger partial charge in [-0.2, -0.15) is 4.99 Å². The predicted octanol–water partition coefficient (Wildman–Crippen LogP) is 5.73. The first kappa shape index (κ1) is 18.9. The van der Waals surface area contributed by atoms with E-state index >= 15 is 0 Å². The Morgan fingerprint density at radius 3 is 2.52 bits per heavy atom. The number of allylic oxidation sites excluding steroid dienone is 1. The van der Waals surface area contributed by atoms with E-state index in [1.807, 2.05) is 41.0 Å². The Hall–Kier alpha value is -3.44. The second-order valence-electron chi connectivity index (χ2n) is 6.61. The summed E-state index contributed by atoms with van der Waals surface area (Å²) in [6.07, 6.45) is 1.81. The third-order valence-electron chi connectivity index (χ3n) is 4.43. The van der Waals surface area contributed by atoms with E-state index in [9.17, 15) is 4.79 Å². The molecule has 0 saturated heterocycles. The van der Waals surface area contributed by atoms with Crippen molar-refractivity contribution in [3.05, 3.63) is 101 Å². The molecular weight excluding hydrogens is 380 g/mol. The van der Waals surface area contributed by atoms with Gasteiger partial charge in [-0.25, -0.2) is 0 Å². The Morgan fingerprint density at radius 1 is 1.07 bits per heavy atom. The number of aromatic nitrogens is 1. The van der Waals surface area contributed by atoms with Gasteiger partial charge in [-0.05, 0) is 61.0 Å². The molecule has 0 aliphatic carbocycles. The van der Waals surface area contributed by atoms with Crippen LogP contribution in [0.25, 0.3) is 10.2 Å². The van der Waals surface area contributed by atoms with E-state index in [2.05, 4.69) is 36.7 Å². The normalized spacial score (nSPS) is 11.6. The number of thiazole rings is 1. The molecule has 5 heteroatoms. The molecule has 0 aliphatic heterocycles. The van der Waals surface area contributed by atoms with Gasteiger partial charge in [0, 0.05) is 12.1 Å². The predicted molar refractivity (Wildman–Crippen MR) is 118 cm³/mol. The number of carbonyl (C=O) groups excluding carboxylic acids is 1. The Bertz CT molecular complexity index is 1240. The van der Waals surface area contributed by atoms with Gasteiger partial charge in [-0.1, -0.05) is 41.7 Å². The fraction of sp³-hybridized carbons (Fsp3) is 0.0833. The Balaban J connectivity index is 1.64. The topological polar surface area (TPSA) is 43.6 Å². The third kappa shape index (κ3) is 4.20. The van der Waals surface area contributed by atoms with Crippen molar-refractivity contribution in [2.24, 2.45) is 4.99 Å². The summed E-state index contributed by atoms with van der Waals surface area (Å²) in [5.74, 6) is 1.14. The van der Waals surface area contributed by atoms with Gasteiger partial charge in [0.2, 0.25) is 0 Å². The molecule has 0 spiro atoms. The molecule has 1 amide bonds. The lowest BCUT2D eigenvalue weighted by molar-refractivity contribution is 0.0998. The maximum absolute atomic E-state index is 12.7. The zero-order chi connectivity index (χ0) is 20.2. The smallest absolute Gasteiger partial charge is 0.279 e. The first-order chi connectivity index (χ1) is 14.1. The van der Waals surface area contributed by atoms with Crippen molar-refractivity contribution in [1.29, 1.82) is 0 Å². The number of hydrogen-bond acceptors (Lipinski definition) is 3. The van der Waals surface area contributed by atoms with E-state index in [-0.39, 0.29) is 5.91 Å². The highest BCUT2D eigenvalue weighted by atomic mass is 32.1. The van der Waals surface area contributed by atoms with E-state index < -0.39 is 0 Å². The highest BCUT2D eigenvalue weighted by molar-refractivity contribution is 7.16. The first-order valence-electron chi connectivity index (χ1n) is 9.27. The van der Waals surface area contributed by atoms with Crippen LogP contribution >= 0.6 is 11.3 Å². The molecule has 3 aromatic carbocycles. The van der Waals surface area contributed by atoms with Crippen molar-refractivity contribution in [2.75, 3.05) is 0 Å².